The lowest BCUT2D eigenvalue weighted by Crippen LogP contribution is -2.16. The molecule has 0 bridgehead atoms. The lowest BCUT2D eigenvalue weighted by molar-refractivity contribution is 0.653. The molecule has 0 saturated heterocycles. The lowest BCUT2D eigenvalue weighted by atomic mass is 9.82. The quantitative estimate of drug-likeness (QED) is 0.205. The molecule has 2 aliphatic rings. The van der Waals surface area contributed by atoms with Crippen molar-refractivity contribution in [3.05, 3.63) is 139 Å². The summed E-state index contributed by atoms with van der Waals surface area (Å²) in [6.45, 7) is 4.62. The minimum absolute atomic E-state index is 0.0916. The van der Waals surface area contributed by atoms with Crippen LogP contribution in [0.2, 0.25) is 0 Å². The Kier molecular flexibility index (Phi) is 4.76. The van der Waals surface area contributed by atoms with Crippen molar-refractivity contribution in [2.75, 3.05) is 4.90 Å². The van der Waals surface area contributed by atoms with Gasteiger partial charge >= 0.3 is 0 Å². The Morgan fingerprint density at radius 1 is 0.556 bits per heavy atom. The standard InChI is InChI=1S/C41H27N3O/c1-41(2)29-17-8-6-14-27(29)35-30(41)23-22-26-25-16-10-21-34(38(25)45-39(26)35)44-32-19-9-7-15-28(32)37-36-31(18-11-20-33(36)44)42-40(43-37)24-12-4-3-5-13-24/h3-23H,1-2H3. The van der Waals surface area contributed by atoms with Crippen molar-refractivity contribution in [2.24, 2.45) is 0 Å². The van der Waals surface area contributed by atoms with E-state index in [4.69, 9.17) is 14.4 Å². The molecule has 0 atom stereocenters. The van der Waals surface area contributed by atoms with Gasteiger partial charge in [-0.1, -0.05) is 117 Å². The van der Waals surface area contributed by atoms with Crippen molar-refractivity contribution in [1.29, 1.82) is 0 Å². The van der Waals surface area contributed by atoms with E-state index in [1.54, 1.807) is 0 Å². The van der Waals surface area contributed by atoms with Crippen molar-refractivity contribution in [3.8, 4) is 33.8 Å². The van der Waals surface area contributed by atoms with Crippen LogP contribution in [0.5, 0.6) is 0 Å². The van der Waals surface area contributed by atoms with Gasteiger partial charge in [-0.15, -0.1) is 0 Å². The first kappa shape index (κ1) is 24.7. The largest absolute Gasteiger partial charge is 0.453 e. The van der Waals surface area contributed by atoms with Crippen LogP contribution in [0.25, 0.3) is 66.6 Å². The maximum absolute atomic E-state index is 7.03. The Balaban J connectivity index is 1.26. The second kappa shape index (κ2) is 8.67. The maximum Gasteiger partial charge on any atom is 0.160 e. The number of hydrogen-bond donors (Lipinski definition) is 0. The second-order valence-corrected chi connectivity index (χ2v) is 12.6. The molecule has 0 unspecified atom stereocenters. The van der Waals surface area contributed by atoms with E-state index in [1.165, 1.54) is 22.3 Å². The zero-order valence-electron chi connectivity index (χ0n) is 24.9. The number of fused-ring (bicyclic) bond motifs is 9. The Morgan fingerprint density at radius 2 is 1.27 bits per heavy atom. The fourth-order valence-electron chi connectivity index (χ4n) is 7.72. The molecule has 0 N–H and O–H groups in total. The highest BCUT2D eigenvalue weighted by molar-refractivity contribution is 6.18. The van der Waals surface area contributed by atoms with Crippen molar-refractivity contribution in [1.82, 2.24) is 9.97 Å². The van der Waals surface area contributed by atoms with Gasteiger partial charge in [0.25, 0.3) is 0 Å². The number of nitrogens with zero attached hydrogens (tertiary/aromatic N) is 3. The number of hydrogen-bond acceptors (Lipinski definition) is 4. The van der Waals surface area contributed by atoms with Crippen LogP contribution < -0.4 is 4.90 Å². The first-order valence-electron chi connectivity index (χ1n) is 15.4. The van der Waals surface area contributed by atoms with Crippen LogP contribution in [0.4, 0.5) is 17.1 Å². The molecular formula is C41H27N3O. The predicted octanol–water partition coefficient (Wildman–Crippen LogP) is 11.0. The minimum atomic E-state index is -0.0916. The molecule has 0 fully saturated rings. The van der Waals surface area contributed by atoms with Crippen molar-refractivity contribution < 1.29 is 4.42 Å². The van der Waals surface area contributed by atoms with Gasteiger partial charge in [-0.25, -0.2) is 9.97 Å². The van der Waals surface area contributed by atoms with Gasteiger partial charge in [0.05, 0.1) is 33.7 Å². The molecule has 3 heterocycles. The molecule has 212 valence electrons. The fraction of sp³-hybridized carbons (Fsp3) is 0.0732. The van der Waals surface area contributed by atoms with Crippen LogP contribution in [-0.2, 0) is 5.41 Å². The van der Waals surface area contributed by atoms with Crippen LogP contribution in [0.3, 0.4) is 0 Å². The van der Waals surface area contributed by atoms with Gasteiger partial charge in [-0.3, -0.25) is 0 Å². The van der Waals surface area contributed by atoms with Crippen LogP contribution >= 0.6 is 0 Å². The average Bonchev–Trinajstić information content (AvgIpc) is 3.58. The zero-order valence-corrected chi connectivity index (χ0v) is 24.9. The summed E-state index contributed by atoms with van der Waals surface area (Å²) < 4.78 is 7.03. The van der Waals surface area contributed by atoms with Gasteiger partial charge in [0, 0.05) is 32.9 Å². The van der Waals surface area contributed by atoms with E-state index >= 15 is 0 Å². The number of aromatic nitrogens is 2. The van der Waals surface area contributed by atoms with Gasteiger partial charge in [0.2, 0.25) is 0 Å². The molecule has 45 heavy (non-hydrogen) atoms. The summed E-state index contributed by atoms with van der Waals surface area (Å²) in [4.78, 5) is 12.6. The Bertz CT molecular complexity index is 2530. The number of furan rings is 1. The van der Waals surface area contributed by atoms with Crippen LogP contribution in [0.1, 0.15) is 25.0 Å². The number of benzene rings is 6. The molecule has 0 saturated carbocycles. The van der Waals surface area contributed by atoms with Crippen molar-refractivity contribution >= 4 is 49.9 Å². The summed E-state index contributed by atoms with van der Waals surface area (Å²) >= 11 is 0. The van der Waals surface area contributed by atoms with Crippen molar-refractivity contribution in [2.45, 2.75) is 19.3 Å². The molecule has 1 aliphatic heterocycles. The molecule has 10 rings (SSSR count). The molecule has 4 nitrogen and oxygen atoms in total. The minimum Gasteiger partial charge on any atom is -0.453 e. The van der Waals surface area contributed by atoms with Crippen LogP contribution in [0.15, 0.2) is 132 Å². The monoisotopic (exact) mass is 577 g/mol. The average molecular weight is 578 g/mol. The molecule has 2 aromatic heterocycles. The van der Waals surface area contributed by atoms with E-state index in [1.807, 2.05) is 18.2 Å². The van der Waals surface area contributed by atoms with E-state index in [9.17, 15) is 0 Å². The third-order valence-electron chi connectivity index (χ3n) is 9.80. The molecule has 8 aromatic rings. The summed E-state index contributed by atoms with van der Waals surface area (Å²) in [7, 11) is 0. The van der Waals surface area contributed by atoms with E-state index in [-0.39, 0.29) is 5.41 Å². The maximum atomic E-state index is 7.03. The van der Waals surface area contributed by atoms with Crippen LogP contribution in [0, 0.1) is 0 Å². The first-order valence-corrected chi connectivity index (χ1v) is 15.4. The van der Waals surface area contributed by atoms with Gasteiger partial charge in [-0.05, 0) is 41.0 Å². The highest BCUT2D eigenvalue weighted by Gasteiger charge is 2.38. The molecule has 0 radical (unpaired) electrons. The smallest absolute Gasteiger partial charge is 0.160 e. The van der Waals surface area contributed by atoms with E-state index in [0.717, 1.165) is 72.5 Å². The van der Waals surface area contributed by atoms with Crippen molar-refractivity contribution in [3.63, 3.8) is 0 Å². The number of anilines is 3. The third-order valence-corrected chi connectivity index (χ3v) is 9.80. The zero-order chi connectivity index (χ0) is 29.9. The summed E-state index contributed by atoms with van der Waals surface area (Å²) in [5, 5.41) is 3.29. The lowest BCUT2D eigenvalue weighted by Gasteiger charge is -2.32. The van der Waals surface area contributed by atoms with E-state index in [0.29, 0.717) is 0 Å². The van der Waals surface area contributed by atoms with Crippen LogP contribution in [-0.4, -0.2) is 9.97 Å². The van der Waals surface area contributed by atoms with E-state index < -0.39 is 0 Å². The van der Waals surface area contributed by atoms with E-state index in [2.05, 4.69) is 128 Å². The number of rotatable bonds is 2. The molecule has 6 aromatic carbocycles. The van der Waals surface area contributed by atoms with Gasteiger partial charge in [0.1, 0.15) is 5.58 Å². The number of para-hydroxylation sites is 2. The summed E-state index contributed by atoms with van der Waals surface area (Å²) in [6.07, 6.45) is 0. The molecular weight excluding hydrogens is 550 g/mol. The summed E-state index contributed by atoms with van der Waals surface area (Å²) in [5.41, 5.74) is 13.9. The first-order chi connectivity index (χ1) is 22.1. The normalized spacial score (nSPS) is 14.1. The topological polar surface area (TPSA) is 42.2 Å². The Labute approximate surface area is 260 Å². The summed E-state index contributed by atoms with van der Waals surface area (Å²) in [6, 6.07) is 44.9. The highest BCUT2D eigenvalue weighted by Crippen LogP contribution is 2.55. The second-order valence-electron chi connectivity index (χ2n) is 12.6. The third kappa shape index (κ3) is 3.21. The fourth-order valence-corrected chi connectivity index (χ4v) is 7.72. The Morgan fingerprint density at radius 3 is 2.16 bits per heavy atom. The predicted molar refractivity (Wildman–Crippen MR) is 183 cm³/mol. The molecule has 0 spiro atoms. The van der Waals surface area contributed by atoms with Gasteiger partial charge in [0.15, 0.2) is 11.4 Å². The SMILES string of the molecule is CC1(C)c2ccccc2-c2c1ccc1c2oc2c(N3c4ccccc4-c4nc(-c5ccccc5)nc5cccc3c45)cccc21. The molecule has 4 heteroatoms. The van der Waals surface area contributed by atoms with Gasteiger partial charge in [-0.2, -0.15) is 0 Å². The van der Waals surface area contributed by atoms with Gasteiger partial charge < -0.3 is 9.32 Å². The Hall–Kier alpha value is -5.74. The molecule has 1 aliphatic carbocycles. The summed E-state index contributed by atoms with van der Waals surface area (Å²) in [5.74, 6) is 0.731. The highest BCUT2D eigenvalue weighted by atomic mass is 16.3. The molecule has 0 amide bonds.